The average molecular weight is 170 g/mol. The lowest BCUT2D eigenvalue weighted by Gasteiger charge is -2.10. The molecule has 3 nitrogen and oxygen atoms in total. The zero-order valence-corrected chi connectivity index (χ0v) is 5.26. The molecule has 0 fully saturated rings. The van der Waals surface area contributed by atoms with Crippen molar-refractivity contribution in [3.05, 3.63) is 0 Å². The first-order valence-corrected chi connectivity index (χ1v) is 2.61. The van der Waals surface area contributed by atoms with Crippen molar-refractivity contribution < 1.29 is 27.9 Å². The Hall–Kier alpha value is -1.07. The first-order valence-electron chi connectivity index (χ1n) is 2.61. The monoisotopic (exact) mass is 170 g/mol. The van der Waals surface area contributed by atoms with E-state index in [2.05, 4.69) is 0 Å². The number of carboxylic acids is 1. The van der Waals surface area contributed by atoms with E-state index in [4.69, 9.17) is 5.11 Å². The van der Waals surface area contributed by atoms with Crippen LogP contribution < -0.4 is 0 Å². The lowest BCUT2D eigenvalue weighted by Crippen LogP contribution is -2.26. The van der Waals surface area contributed by atoms with Gasteiger partial charge in [0.1, 0.15) is 12.2 Å². The van der Waals surface area contributed by atoms with Gasteiger partial charge in [0.25, 0.3) is 0 Å². The van der Waals surface area contributed by atoms with Gasteiger partial charge in [-0.15, -0.1) is 0 Å². The SMILES string of the molecule is O=CC(CC(=O)O)C(F)(F)F. The van der Waals surface area contributed by atoms with Crippen LogP contribution in [0.5, 0.6) is 0 Å². The van der Waals surface area contributed by atoms with Crippen molar-refractivity contribution in [2.45, 2.75) is 12.6 Å². The van der Waals surface area contributed by atoms with Gasteiger partial charge in [-0.25, -0.2) is 0 Å². The molecule has 0 spiro atoms. The number of halogens is 3. The number of alkyl halides is 3. The van der Waals surface area contributed by atoms with Gasteiger partial charge in [-0.05, 0) is 0 Å². The number of hydrogen-bond acceptors (Lipinski definition) is 2. The fourth-order valence-corrected chi connectivity index (χ4v) is 0.429. The van der Waals surface area contributed by atoms with Crippen LogP contribution in [0.25, 0.3) is 0 Å². The van der Waals surface area contributed by atoms with Crippen LogP contribution in [0, 0.1) is 5.92 Å². The molecule has 1 N–H and O–H groups in total. The van der Waals surface area contributed by atoms with Gasteiger partial charge >= 0.3 is 12.1 Å². The number of carbonyl (C=O) groups is 2. The van der Waals surface area contributed by atoms with Gasteiger partial charge in [-0.3, -0.25) is 4.79 Å². The summed E-state index contributed by atoms with van der Waals surface area (Å²) in [4.78, 5) is 19.5. The summed E-state index contributed by atoms with van der Waals surface area (Å²) >= 11 is 0. The molecule has 0 aliphatic carbocycles. The zero-order chi connectivity index (χ0) is 9.07. The average Bonchev–Trinajstić information content (AvgIpc) is 1.79. The fourth-order valence-electron chi connectivity index (χ4n) is 0.429. The molecule has 0 aromatic heterocycles. The highest BCUT2D eigenvalue weighted by atomic mass is 19.4. The number of rotatable bonds is 3. The van der Waals surface area contributed by atoms with Crippen LogP contribution in [-0.2, 0) is 9.59 Å². The third-order valence-electron chi connectivity index (χ3n) is 0.979. The zero-order valence-electron chi connectivity index (χ0n) is 5.26. The summed E-state index contributed by atoms with van der Waals surface area (Å²) in [6.45, 7) is 0. The first kappa shape index (κ1) is 9.93. The van der Waals surface area contributed by atoms with Gasteiger partial charge in [-0.2, -0.15) is 13.2 Å². The Morgan fingerprint density at radius 1 is 1.55 bits per heavy atom. The third kappa shape index (κ3) is 3.59. The molecule has 11 heavy (non-hydrogen) atoms. The Balaban J connectivity index is 4.18. The molecule has 0 radical (unpaired) electrons. The van der Waals surface area contributed by atoms with Crippen molar-refractivity contribution >= 4 is 12.3 Å². The molecule has 64 valence electrons. The highest BCUT2D eigenvalue weighted by molar-refractivity contribution is 5.72. The van der Waals surface area contributed by atoms with Gasteiger partial charge in [0, 0.05) is 0 Å². The van der Waals surface area contributed by atoms with Crippen LogP contribution in [0.3, 0.4) is 0 Å². The van der Waals surface area contributed by atoms with Crippen molar-refractivity contribution in [2.24, 2.45) is 5.92 Å². The van der Waals surface area contributed by atoms with E-state index in [0.717, 1.165) is 0 Å². The van der Waals surface area contributed by atoms with E-state index < -0.39 is 30.8 Å². The Morgan fingerprint density at radius 2 is 2.00 bits per heavy atom. The number of carboxylic acid groups (broad SMARTS) is 1. The summed E-state index contributed by atoms with van der Waals surface area (Å²) in [6, 6.07) is 0. The van der Waals surface area contributed by atoms with Gasteiger partial charge in [0.2, 0.25) is 0 Å². The van der Waals surface area contributed by atoms with Gasteiger partial charge < -0.3 is 9.90 Å². The smallest absolute Gasteiger partial charge is 0.398 e. The molecule has 0 heterocycles. The largest absolute Gasteiger partial charge is 0.481 e. The predicted octanol–water partition coefficient (Wildman–Crippen LogP) is 0.838. The molecule has 6 heteroatoms. The Morgan fingerprint density at radius 3 is 2.09 bits per heavy atom. The standard InChI is InChI=1S/C5H5F3O3/c6-5(7,8)3(2-9)1-4(10)11/h2-3H,1H2,(H,10,11). The quantitative estimate of drug-likeness (QED) is 0.638. The van der Waals surface area contributed by atoms with Crippen LogP contribution in [0.15, 0.2) is 0 Å². The van der Waals surface area contributed by atoms with E-state index in [1.165, 1.54) is 0 Å². The molecule has 0 aromatic rings. The van der Waals surface area contributed by atoms with Crippen molar-refractivity contribution in [2.75, 3.05) is 0 Å². The van der Waals surface area contributed by atoms with Crippen LogP contribution >= 0.6 is 0 Å². The van der Waals surface area contributed by atoms with E-state index in [1.54, 1.807) is 0 Å². The topological polar surface area (TPSA) is 54.4 Å². The molecule has 0 bridgehead atoms. The molecule has 0 saturated carbocycles. The highest BCUT2D eigenvalue weighted by Crippen LogP contribution is 2.26. The Labute approximate surface area is 59.8 Å². The second kappa shape index (κ2) is 3.36. The first-order chi connectivity index (χ1) is 4.88. The maximum absolute atomic E-state index is 11.6. The number of aldehydes is 1. The molecule has 1 atom stereocenters. The maximum Gasteiger partial charge on any atom is 0.398 e. The lowest BCUT2D eigenvalue weighted by molar-refractivity contribution is -0.181. The van der Waals surface area contributed by atoms with Crippen molar-refractivity contribution in [1.82, 2.24) is 0 Å². The van der Waals surface area contributed by atoms with Crippen LogP contribution in [-0.4, -0.2) is 23.5 Å². The van der Waals surface area contributed by atoms with E-state index >= 15 is 0 Å². The molecule has 0 rings (SSSR count). The van der Waals surface area contributed by atoms with Crippen LogP contribution in [0.4, 0.5) is 13.2 Å². The molecular weight excluding hydrogens is 165 g/mol. The molecule has 0 amide bonds. The van der Waals surface area contributed by atoms with Gasteiger partial charge in [0.15, 0.2) is 0 Å². The number of aliphatic carboxylic acids is 1. The molecule has 0 saturated heterocycles. The fraction of sp³-hybridized carbons (Fsp3) is 0.600. The van der Waals surface area contributed by atoms with Crippen LogP contribution in [0.2, 0.25) is 0 Å². The minimum Gasteiger partial charge on any atom is -0.481 e. The number of carbonyl (C=O) groups excluding carboxylic acids is 1. The Bertz CT molecular complexity index is 163. The molecular formula is C5H5F3O3. The van der Waals surface area contributed by atoms with Crippen molar-refractivity contribution in [3.63, 3.8) is 0 Å². The summed E-state index contributed by atoms with van der Waals surface area (Å²) in [7, 11) is 0. The maximum atomic E-state index is 11.6. The van der Waals surface area contributed by atoms with E-state index in [1.807, 2.05) is 0 Å². The van der Waals surface area contributed by atoms with Crippen LogP contribution in [0.1, 0.15) is 6.42 Å². The van der Waals surface area contributed by atoms with Crippen molar-refractivity contribution in [3.8, 4) is 0 Å². The lowest BCUT2D eigenvalue weighted by atomic mass is 10.1. The second-order valence-corrected chi connectivity index (χ2v) is 1.88. The van der Waals surface area contributed by atoms with Crippen molar-refractivity contribution in [1.29, 1.82) is 0 Å². The molecule has 0 aromatic carbocycles. The molecule has 0 aliphatic heterocycles. The number of hydrogen-bond donors (Lipinski definition) is 1. The molecule has 1 unspecified atom stereocenters. The highest BCUT2D eigenvalue weighted by Gasteiger charge is 2.40. The third-order valence-corrected chi connectivity index (χ3v) is 0.979. The molecule has 0 aliphatic rings. The van der Waals surface area contributed by atoms with Gasteiger partial charge in [-0.1, -0.05) is 0 Å². The van der Waals surface area contributed by atoms with E-state index in [0.29, 0.717) is 0 Å². The summed E-state index contributed by atoms with van der Waals surface area (Å²) in [6.07, 6.45) is -6.36. The summed E-state index contributed by atoms with van der Waals surface area (Å²) in [5.41, 5.74) is 0. The Kier molecular flexibility index (Phi) is 3.03. The predicted molar refractivity (Wildman–Crippen MR) is 27.9 cm³/mol. The van der Waals surface area contributed by atoms with E-state index in [9.17, 15) is 22.8 Å². The summed E-state index contributed by atoms with van der Waals surface area (Å²) in [5.74, 6) is -4.03. The van der Waals surface area contributed by atoms with Gasteiger partial charge in [0.05, 0.1) is 6.42 Å². The normalized spacial score (nSPS) is 14.1. The second-order valence-electron chi connectivity index (χ2n) is 1.88. The summed E-state index contributed by atoms with van der Waals surface area (Å²) < 4.78 is 34.8. The minimum absolute atomic E-state index is 0.409. The summed E-state index contributed by atoms with van der Waals surface area (Å²) in [5, 5.41) is 7.92. The minimum atomic E-state index is -4.75. The van der Waals surface area contributed by atoms with E-state index in [-0.39, 0.29) is 0 Å².